The Morgan fingerprint density at radius 2 is 1.85 bits per heavy atom. The zero-order valence-corrected chi connectivity index (χ0v) is 12.2. The van der Waals surface area contributed by atoms with Gasteiger partial charge in [0.1, 0.15) is 11.5 Å². The molecule has 3 nitrogen and oxygen atoms in total. The summed E-state index contributed by atoms with van der Waals surface area (Å²) in [4.78, 5) is 0. The van der Waals surface area contributed by atoms with Crippen LogP contribution in [0.1, 0.15) is 29.7 Å². The van der Waals surface area contributed by atoms with Gasteiger partial charge in [0.15, 0.2) is 0 Å². The molecule has 0 heterocycles. The molecule has 0 unspecified atom stereocenters. The Hall–Kier alpha value is -2.00. The number of ether oxygens (including phenoxy) is 1. The van der Waals surface area contributed by atoms with Crippen LogP contribution in [0.2, 0.25) is 0 Å². The summed E-state index contributed by atoms with van der Waals surface area (Å²) in [6.07, 6.45) is 0. The van der Waals surface area contributed by atoms with E-state index in [0.717, 1.165) is 16.9 Å². The van der Waals surface area contributed by atoms with E-state index in [9.17, 15) is 5.11 Å². The first-order valence-corrected chi connectivity index (χ1v) is 6.76. The molecule has 0 aliphatic carbocycles. The summed E-state index contributed by atoms with van der Waals surface area (Å²) in [5.74, 6) is 1.24. The fourth-order valence-corrected chi connectivity index (χ4v) is 2.14. The van der Waals surface area contributed by atoms with Gasteiger partial charge in [-0.05, 0) is 37.1 Å². The number of aryl methyl sites for hydroxylation is 1. The lowest BCUT2D eigenvalue weighted by atomic mass is 10.1. The molecule has 0 fully saturated rings. The Balaban J connectivity index is 2.00. The number of phenolic OH excluding ortho intramolecular Hbond substituents is 1. The van der Waals surface area contributed by atoms with Crippen LogP contribution in [0.4, 0.5) is 0 Å². The summed E-state index contributed by atoms with van der Waals surface area (Å²) < 4.78 is 5.15. The fourth-order valence-electron chi connectivity index (χ4n) is 2.14. The van der Waals surface area contributed by atoms with Gasteiger partial charge in [-0.1, -0.05) is 30.3 Å². The Labute approximate surface area is 120 Å². The smallest absolute Gasteiger partial charge is 0.122 e. The standard InChI is InChI=1S/C17H21NO2/c1-12-5-4-6-15(17(12)19)11-18-13(2)14-7-9-16(20-3)10-8-14/h4-10,13,18-19H,11H2,1-3H3/t13-/m0/s1. The maximum atomic E-state index is 9.99. The van der Waals surface area contributed by atoms with Gasteiger partial charge in [-0.25, -0.2) is 0 Å². The molecule has 0 spiro atoms. The van der Waals surface area contributed by atoms with Gasteiger partial charge in [0.05, 0.1) is 7.11 Å². The molecule has 20 heavy (non-hydrogen) atoms. The first kappa shape index (κ1) is 14.4. The predicted octanol–water partition coefficient (Wildman–Crippen LogP) is 3.56. The monoisotopic (exact) mass is 271 g/mol. The second kappa shape index (κ2) is 6.44. The van der Waals surface area contributed by atoms with Crippen LogP contribution in [0.5, 0.6) is 11.5 Å². The first-order chi connectivity index (χ1) is 9.61. The maximum absolute atomic E-state index is 9.99. The van der Waals surface area contributed by atoms with Crippen molar-refractivity contribution in [3.05, 3.63) is 59.2 Å². The highest BCUT2D eigenvalue weighted by Crippen LogP contribution is 2.23. The molecule has 0 amide bonds. The van der Waals surface area contributed by atoms with E-state index in [4.69, 9.17) is 4.74 Å². The zero-order chi connectivity index (χ0) is 14.5. The van der Waals surface area contributed by atoms with Gasteiger partial charge in [0.25, 0.3) is 0 Å². The molecule has 0 aliphatic heterocycles. The molecule has 0 radical (unpaired) electrons. The SMILES string of the molecule is COc1ccc([C@H](C)NCc2cccc(C)c2O)cc1. The third-order valence-electron chi connectivity index (χ3n) is 3.54. The summed E-state index contributed by atoms with van der Waals surface area (Å²) >= 11 is 0. The minimum Gasteiger partial charge on any atom is -0.507 e. The van der Waals surface area contributed by atoms with Crippen LogP contribution < -0.4 is 10.1 Å². The van der Waals surface area contributed by atoms with Gasteiger partial charge in [0.2, 0.25) is 0 Å². The van der Waals surface area contributed by atoms with E-state index in [2.05, 4.69) is 12.2 Å². The van der Waals surface area contributed by atoms with Gasteiger partial charge in [-0.15, -0.1) is 0 Å². The molecule has 0 aliphatic rings. The molecule has 0 saturated heterocycles. The zero-order valence-electron chi connectivity index (χ0n) is 12.2. The van der Waals surface area contributed by atoms with Crippen molar-refractivity contribution in [3.63, 3.8) is 0 Å². The molecule has 2 N–H and O–H groups in total. The van der Waals surface area contributed by atoms with Crippen molar-refractivity contribution < 1.29 is 9.84 Å². The van der Waals surface area contributed by atoms with E-state index >= 15 is 0 Å². The van der Waals surface area contributed by atoms with Gasteiger partial charge in [-0.2, -0.15) is 0 Å². The van der Waals surface area contributed by atoms with E-state index in [1.165, 1.54) is 5.56 Å². The van der Waals surface area contributed by atoms with E-state index in [1.54, 1.807) is 7.11 Å². The second-order valence-corrected chi connectivity index (χ2v) is 4.96. The van der Waals surface area contributed by atoms with Crippen LogP contribution in [-0.4, -0.2) is 12.2 Å². The topological polar surface area (TPSA) is 41.5 Å². The normalized spacial score (nSPS) is 12.2. The van der Waals surface area contributed by atoms with Gasteiger partial charge in [-0.3, -0.25) is 0 Å². The molecular formula is C17H21NO2. The molecule has 2 aromatic carbocycles. The summed E-state index contributed by atoms with van der Waals surface area (Å²) in [6.45, 7) is 4.65. The van der Waals surface area contributed by atoms with Crippen LogP contribution in [0, 0.1) is 6.92 Å². The average Bonchev–Trinajstić information content (AvgIpc) is 2.48. The van der Waals surface area contributed by atoms with Crippen molar-refractivity contribution in [1.29, 1.82) is 0 Å². The lowest BCUT2D eigenvalue weighted by Crippen LogP contribution is -2.18. The number of benzene rings is 2. The number of hydrogen-bond donors (Lipinski definition) is 2. The fraction of sp³-hybridized carbons (Fsp3) is 0.294. The van der Waals surface area contributed by atoms with Crippen molar-refractivity contribution in [2.45, 2.75) is 26.4 Å². The van der Waals surface area contributed by atoms with Crippen molar-refractivity contribution in [2.24, 2.45) is 0 Å². The number of rotatable bonds is 5. The predicted molar refractivity (Wildman–Crippen MR) is 81.1 cm³/mol. The largest absolute Gasteiger partial charge is 0.507 e. The van der Waals surface area contributed by atoms with Gasteiger partial charge >= 0.3 is 0 Å². The molecule has 2 aromatic rings. The highest BCUT2D eigenvalue weighted by atomic mass is 16.5. The number of para-hydroxylation sites is 1. The number of nitrogens with one attached hydrogen (secondary N) is 1. The van der Waals surface area contributed by atoms with E-state index < -0.39 is 0 Å². The summed E-state index contributed by atoms with van der Waals surface area (Å²) in [7, 11) is 1.66. The van der Waals surface area contributed by atoms with Gasteiger partial charge in [0, 0.05) is 18.2 Å². The molecular weight excluding hydrogens is 250 g/mol. The summed E-state index contributed by atoms with van der Waals surface area (Å²) in [6, 6.07) is 14.0. The molecule has 2 rings (SSSR count). The Kier molecular flexibility index (Phi) is 4.64. The third-order valence-corrected chi connectivity index (χ3v) is 3.54. The molecule has 0 bridgehead atoms. The van der Waals surface area contributed by atoms with Crippen LogP contribution in [-0.2, 0) is 6.54 Å². The van der Waals surface area contributed by atoms with Crippen molar-refractivity contribution in [2.75, 3.05) is 7.11 Å². The number of methoxy groups -OCH3 is 1. The quantitative estimate of drug-likeness (QED) is 0.873. The minimum atomic E-state index is 0.209. The van der Waals surface area contributed by atoms with Crippen molar-refractivity contribution in [1.82, 2.24) is 5.32 Å². The maximum Gasteiger partial charge on any atom is 0.122 e. The van der Waals surface area contributed by atoms with E-state index in [-0.39, 0.29) is 6.04 Å². The van der Waals surface area contributed by atoms with E-state index in [0.29, 0.717) is 12.3 Å². The van der Waals surface area contributed by atoms with Crippen LogP contribution in [0.15, 0.2) is 42.5 Å². The third kappa shape index (κ3) is 3.31. The minimum absolute atomic E-state index is 0.209. The van der Waals surface area contributed by atoms with Gasteiger partial charge < -0.3 is 15.2 Å². The number of aromatic hydroxyl groups is 1. The van der Waals surface area contributed by atoms with E-state index in [1.807, 2.05) is 49.4 Å². The first-order valence-electron chi connectivity index (χ1n) is 6.76. The van der Waals surface area contributed by atoms with Crippen molar-refractivity contribution in [3.8, 4) is 11.5 Å². The second-order valence-electron chi connectivity index (χ2n) is 4.96. The number of phenols is 1. The lowest BCUT2D eigenvalue weighted by Gasteiger charge is -2.16. The lowest BCUT2D eigenvalue weighted by molar-refractivity contribution is 0.414. The van der Waals surface area contributed by atoms with Crippen LogP contribution >= 0.6 is 0 Å². The molecule has 3 heteroatoms. The molecule has 0 saturated carbocycles. The highest BCUT2D eigenvalue weighted by Gasteiger charge is 2.08. The Bertz CT molecular complexity index is 564. The highest BCUT2D eigenvalue weighted by molar-refractivity contribution is 5.39. The summed E-state index contributed by atoms with van der Waals surface area (Å²) in [5.41, 5.74) is 3.02. The average molecular weight is 271 g/mol. The molecule has 1 atom stereocenters. The van der Waals surface area contributed by atoms with Crippen LogP contribution in [0.3, 0.4) is 0 Å². The molecule has 106 valence electrons. The van der Waals surface area contributed by atoms with Crippen LogP contribution in [0.25, 0.3) is 0 Å². The Morgan fingerprint density at radius 3 is 2.50 bits per heavy atom. The Morgan fingerprint density at radius 1 is 1.15 bits per heavy atom. The number of hydrogen-bond acceptors (Lipinski definition) is 3. The summed E-state index contributed by atoms with van der Waals surface area (Å²) in [5, 5.41) is 13.4. The van der Waals surface area contributed by atoms with Crippen molar-refractivity contribution >= 4 is 0 Å². The molecule has 0 aromatic heterocycles.